The molecule has 5 heterocycles. The molecule has 2 aromatic carbocycles. The quantitative estimate of drug-likeness (QED) is 0.0539. The second kappa shape index (κ2) is 19.7. The van der Waals surface area contributed by atoms with Crippen molar-refractivity contribution in [2.45, 2.75) is 108 Å². The summed E-state index contributed by atoms with van der Waals surface area (Å²) >= 11 is 0. The number of aromatic amines is 1. The molecular weight excluding hydrogens is 902 g/mol. The topological polar surface area (TPSA) is 305 Å². The normalized spacial score (nSPS) is 23.5. The number of carbonyl (C=O) groups excluding carboxylic acids is 8. The molecule has 4 fully saturated rings. The van der Waals surface area contributed by atoms with Crippen molar-refractivity contribution in [3.63, 3.8) is 0 Å². The van der Waals surface area contributed by atoms with E-state index in [1.165, 1.54) is 38.3 Å². The van der Waals surface area contributed by atoms with Gasteiger partial charge in [0.05, 0.1) is 11.0 Å². The van der Waals surface area contributed by atoms with Crippen molar-refractivity contribution < 1.29 is 52.7 Å². The summed E-state index contributed by atoms with van der Waals surface area (Å²) in [6, 6.07) is 7.79. The van der Waals surface area contributed by atoms with Crippen LogP contribution in [-0.2, 0) is 46.8 Å². The Morgan fingerprint density at radius 2 is 1.63 bits per heavy atom. The average molecular weight is 958 g/mol. The van der Waals surface area contributed by atoms with Crippen LogP contribution in [0, 0.1) is 11.8 Å². The lowest BCUT2D eigenvalue weighted by Gasteiger charge is -2.39. The fraction of sp³-hybridized carbons (Fsp3) is 0.500. The van der Waals surface area contributed by atoms with Crippen LogP contribution < -0.4 is 27.4 Å². The maximum atomic E-state index is 14.6. The van der Waals surface area contributed by atoms with E-state index in [2.05, 4.69) is 20.9 Å². The van der Waals surface area contributed by atoms with Crippen LogP contribution in [0.2, 0.25) is 0 Å². The van der Waals surface area contributed by atoms with Gasteiger partial charge in [0, 0.05) is 68.5 Å². The first-order valence-electron chi connectivity index (χ1n) is 23.1. The second-order valence-corrected chi connectivity index (χ2v) is 20.1. The summed E-state index contributed by atoms with van der Waals surface area (Å²) in [6.45, 7) is 0.297. The molecule has 4 aliphatic rings. The van der Waals surface area contributed by atoms with E-state index < -0.39 is 66.8 Å². The minimum Gasteiger partial charge on any atom is -0.370 e. The molecule has 2 aromatic heterocycles. The number of benzene rings is 2. The summed E-state index contributed by atoms with van der Waals surface area (Å²) in [5.41, 5.74) is 6.03. The van der Waals surface area contributed by atoms with E-state index >= 15 is 0 Å². The first kappa shape index (κ1) is 48.0. The van der Waals surface area contributed by atoms with E-state index in [-0.39, 0.29) is 80.0 Å². The highest BCUT2D eigenvalue weighted by molar-refractivity contribution is 7.70. The minimum absolute atomic E-state index is 0.0124. The molecule has 22 heteroatoms. The minimum atomic E-state index is -5.07. The van der Waals surface area contributed by atoms with Gasteiger partial charge in [-0.2, -0.15) is 0 Å². The molecule has 21 nitrogen and oxygen atoms in total. The lowest BCUT2D eigenvalue weighted by atomic mass is 9.78. The average Bonchev–Trinajstić information content (AvgIpc) is 3.99. The third-order valence-electron chi connectivity index (χ3n) is 14.1. The van der Waals surface area contributed by atoms with E-state index in [9.17, 15) is 57.5 Å². The van der Waals surface area contributed by atoms with Crippen LogP contribution in [0.3, 0.4) is 0 Å². The molecular formula is C46H56N9O12P. The molecule has 4 aromatic rings. The summed E-state index contributed by atoms with van der Waals surface area (Å²) < 4.78 is 14.6. The Morgan fingerprint density at radius 3 is 2.35 bits per heavy atom. The summed E-state index contributed by atoms with van der Waals surface area (Å²) in [5.74, 6) is -2.74. The van der Waals surface area contributed by atoms with Gasteiger partial charge in [-0.25, -0.2) is 4.79 Å². The zero-order chi connectivity index (χ0) is 48.6. The molecule has 7 amide bonds. The van der Waals surface area contributed by atoms with Crippen LogP contribution in [-0.4, -0.2) is 118 Å². The van der Waals surface area contributed by atoms with E-state index in [4.69, 9.17) is 5.73 Å². The van der Waals surface area contributed by atoms with Gasteiger partial charge in [-0.3, -0.25) is 57.4 Å². The Kier molecular flexibility index (Phi) is 13.9. The molecule has 3 saturated heterocycles. The molecule has 8 N–H and O–H groups in total. The van der Waals surface area contributed by atoms with E-state index in [0.29, 0.717) is 53.5 Å². The van der Waals surface area contributed by atoms with Gasteiger partial charge in [0.25, 0.3) is 11.4 Å². The summed E-state index contributed by atoms with van der Waals surface area (Å²) in [5, 5.41) is 8.23. The monoisotopic (exact) mass is 957 g/mol. The number of hydrogen-bond donors (Lipinski definition) is 7. The number of aryl methyl sites for hydroxylation is 1. The van der Waals surface area contributed by atoms with Crippen molar-refractivity contribution in [3.05, 3.63) is 69.8 Å². The van der Waals surface area contributed by atoms with Crippen molar-refractivity contribution in [2.75, 3.05) is 19.6 Å². The fourth-order valence-corrected chi connectivity index (χ4v) is 10.9. The molecule has 3 aliphatic heterocycles. The number of imidazole rings is 1. The highest BCUT2D eigenvalue weighted by Gasteiger charge is 2.46. The van der Waals surface area contributed by atoms with Crippen LogP contribution in [0.5, 0.6) is 0 Å². The lowest BCUT2D eigenvalue weighted by Crippen LogP contribution is -2.61. The van der Waals surface area contributed by atoms with Crippen LogP contribution in [0.25, 0.3) is 21.9 Å². The number of imide groups is 1. The maximum Gasteiger partial charge on any atom is 0.396 e. The van der Waals surface area contributed by atoms with Crippen LogP contribution in [0.4, 0.5) is 0 Å². The predicted molar refractivity (Wildman–Crippen MR) is 245 cm³/mol. The molecule has 362 valence electrons. The Balaban J connectivity index is 0.937. The van der Waals surface area contributed by atoms with Crippen LogP contribution in [0.15, 0.2) is 47.3 Å². The van der Waals surface area contributed by atoms with Gasteiger partial charge in [-0.05, 0) is 118 Å². The molecule has 4 atom stereocenters. The molecule has 1 unspecified atom stereocenters. The van der Waals surface area contributed by atoms with Gasteiger partial charge in [0.1, 0.15) is 23.8 Å². The number of nitrogens with one attached hydrogen (secondary N) is 4. The zero-order valence-electron chi connectivity index (χ0n) is 37.6. The van der Waals surface area contributed by atoms with Crippen molar-refractivity contribution in [2.24, 2.45) is 24.6 Å². The number of piperidine rings is 1. The van der Waals surface area contributed by atoms with Gasteiger partial charge in [-0.1, -0.05) is 6.07 Å². The third-order valence-corrected chi connectivity index (χ3v) is 14.8. The van der Waals surface area contributed by atoms with Gasteiger partial charge in [0.15, 0.2) is 0 Å². The predicted octanol–water partition coefficient (Wildman–Crippen LogP) is 1.63. The standard InChI is InChI=1S/C46H56N9O12P/c1-52-37-20-27(8-12-34(37)55(46(52)64)36-14-15-39(57)51-43(36)61)19-25-4-6-26(7-5-25)21-40(58)53-18-16-30-10-13-35(42(60)48-17-2-3-38(47)56)54(30)44(62)33(24-53)50-41(59)32-23-29-22-28(9-11-31(29)49-32)45(63)68(65,66)67/h8-9,11-12,20,22-23,25-26,30,33,35-36,49H,2-7,10,13-19,21,24H2,1H3,(H2,47,56)(H,48,60)(H,50,59)(H,51,57,61)(H2,65,66,67)/t25-,26+,30-,33+,35+,36?/m1/s1. The first-order chi connectivity index (χ1) is 32.4. The van der Waals surface area contributed by atoms with Gasteiger partial charge < -0.3 is 40.9 Å². The molecule has 8 rings (SSSR count). The summed E-state index contributed by atoms with van der Waals surface area (Å²) in [7, 11) is -3.41. The number of H-pyrrole nitrogens is 1. The van der Waals surface area contributed by atoms with Crippen molar-refractivity contribution in [1.82, 2.24) is 39.9 Å². The Labute approximate surface area is 389 Å². The van der Waals surface area contributed by atoms with Gasteiger partial charge in [-0.15, -0.1) is 0 Å². The fourth-order valence-electron chi connectivity index (χ4n) is 10.5. The van der Waals surface area contributed by atoms with Crippen LogP contribution in [0.1, 0.15) is 110 Å². The summed E-state index contributed by atoms with van der Waals surface area (Å²) in [4.78, 5) is 142. The van der Waals surface area contributed by atoms with E-state index in [1.807, 2.05) is 18.2 Å². The number of rotatable bonds is 14. The maximum absolute atomic E-state index is 14.6. The molecule has 0 bridgehead atoms. The number of primary amides is 1. The lowest BCUT2D eigenvalue weighted by molar-refractivity contribution is -0.145. The number of nitrogens with zero attached hydrogens (tertiary/aromatic N) is 4. The molecule has 0 radical (unpaired) electrons. The molecule has 1 saturated carbocycles. The zero-order valence-corrected chi connectivity index (χ0v) is 38.5. The number of amides is 7. The Morgan fingerprint density at radius 1 is 0.882 bits per heavy atom. The number of hydrogen-bond acceptors (Lipinski definition) is 10. The SMILES string of the molecule is Cn1c(=O)n(C2CCC(=O)NC2=O)c2ccc(C[C@H]3CC[C@@H](CC(=O)N4CC[C@H]5CC[C@@H](C(=O)NCCCC(N)=O)N5C(=O)[C@@H](NC(=O)c5cc6cc(C(=O)P(=O)(O)O)ccc6[nH]5)C4)CC3)cc21. The van der Waals surface area contributed by atoms with Gasteiger partial charge in [0.2, 0.25) is 35.4 Å². The van der Waals surface area contributed by atoms with Crippen LogP contribution >= 0.6 is 7.60 Å². The largest absolute Gasteiger partial charge is 0.396 e. The van der Waals surface area contributed by atoms with E-state index in [1.54, 1.807) is 11.9 Å². The van der Waals surface area contributed by atoms with Crippen molar-refractivity contribution >= 4 is 76.4 Å². The van der Waals surface area contributed by atoms with E-state index in [0.717, 1.165) is 37.7 Å². The first-order valence-corrected chi connectivity index (χ1v) is 24.7. The third kappa shape index (κ3) is 10.2. The summed E-state index contributed by atoms with van der Waals surface area (Å²) in [6.07, 6.45) is 6.40. The highest BCUT2D eigenvalue weighted by Crippen LogP contribution is 2.40. The number of carbonyl (C=O) groups is 8. The van der Waals surface area contributed by atoms with Crippen molar-refractivity contribution in [3.8, 4) is 0 Å². The number of fused-ring (bicyclic) bond motifs is 3. The van der Waals surface area contributed by atoms with Gasteiger partial charge >= 0.3 is 13.3 Å². The number of aromatic nitrogens is 3. The second-order valence-electron chi connectivity index (χ2n) is 18.6. The highest BCUT2D eigenvalue weighted by atomic mass is 31.2. The van der Waals surface area contributed by atoms with Crippen molar-refractivity contribution in [1.29, 1.82) is 0 Å². The Hall–Kier alpha value is -6.44. The number of nitrogens with two attached hydrogens (primary N) is 1. The molecule has 1 aliphatic carbocycles. The Bertz CT molecular complexity index is 2820. The molecule has 0 spiro atoms. The molecule has 68 heavy (non-hydrogen) atoms. The smallest absolute Gasteiger partial charge is 0.370 e.